The first-order chi connectivity index (χ1) is 8.61. The summed E-state index contributed by atoms with van der Waals surface area (Å²) < 4.78 is 3.06. The topological polar surface area (TPSA) is 29.9 Å². The van der Waals surface area contributed by atoms with Crippen LogP contribution in [0.3, 0.4) is 0 Å². The second-order valence-corrected chi connectivity index (χ2v) is 6.81. The summed E-state index contributed by atoms with van der Waals surface area (Å²) in [6.45, 7) is 5.30. The van der Waals surface area contributed by atoms with Gasteiger partial charge in [-0.15, -0.1) is 11.3 Å². The number of rotatable bonds is 5. The molecule has 0 radical (unpaired) electrons. The predicted octanol–water partition coefficient (Wildman–Crippen LogP) is 3.64. The molecule has 0 aliphatic carbocycles. The molecule has 98 valence electrons. The van der Waals surface area contributed by atoms with Crippen LogP contribution in [0.5, 0.6) is 0 Å². The van der Waals surface area contributed by atoms with Crippen molar-refractivity contribution in [2.24, 2.45) is 7.05 Å². The number of thiophene rings is 1. The lowest BCUT2D eigenvalue weighted by atomic mass is 10.1. The van der Waals surface area contributed by atoms with Crippen LogP contribution in [0.4, 0.5) is 0 Å². The molecule has 1 N–H and O–H groups in total. The fourth-order valence-corrected chi connectivity index (χ4v) is 3.51. The Balaban J connectivity index is 2.30. The van der Waals surface area contributed by atoms with Gasteiger partial charge in [0.15, 0.2) is 0 Å². The number of nitrogens with zero attached hydrogens (tertiary/aromatic N) is 2. The van der Waals surface area contributed by atoms with Crippen LogP contribution in [0.1, 0.15) is 35.5 Å². The van der Waals surface area contributed by atoms with Crippen molar-refractivity contribution in [2.75, 3.05) is 6.54 Å². The van der Waals surface area contributed by atoms with E-state index < -0.39 is 0 Å². The highest BCUT2D eigenvalue weighted by molar-refractivity contribution is 9.11. The van der Waals surface area contributed by atoms with E-state index in [-0.39, 0.29) is 6.04 Å². The van der Waals surface area contributed by atoms with E-state index in [2.05, 4.69) is 52.3 Å². The average Bonchev–Trinajstić information content (AvgIpc) is 2.88. The van der Waals surface area contributed by atoms with Crippen molar-refractivity contribution < 1.29 is 0 Å². The van der Waals surface area contributed by atoms with Crippen molar-refractivity contribution in [3.8, 4) is 0 Å². The van der Waals surface area contributed by atoms with Crippen LogP contribution in [0.15, 0.2) is 22.1 Å². The lowest BCUT2D eigenvalue weighted by Crippen LogP contribution is -2.23. The smallest absolute Gasteiger partial charge is 0.0864 e. The molecular formula is C13H18BrN3S. The number of aryl methyl sites for hydroxylation is 2. The highest BCUT2D eigenvalue weighted by atomic mass is 79.9. The Morgan fingerprint density at radius 1 is 1.56 bits per heavy atom. The van der Waals surface area contributed by atoms with Gasteiger partial charge in [-0.1, -0.05) is 6.92 Å². The third-order valence-electron chi connectivity index (χ3n) is 2.79. The van der Waals surface area contributed by atoms with Gasteiger partial charge in [-0.05, 0) is 53.5 Å². The molecule has 0 fully saturated rings. The Labute approximate surface area is 120 Å². The minimum absolute atomic E-state index is 0.196. The minimum atomic E-state index is 0.196. The fourth-order valence-electron chi connectivity index (χ4n) is 1.85. The molecule has 18 heavy (non-hydrogen) atoms. The summed E-state index contributed by atoms with van der Waals surface area (Å²) in [5.74, 6) is 0. The Hall–Kier alpha value is -0.650. The van der Waals surface area contributed by atoms with Gasteiger partial charge in [0.2, 0.25) is 0 Å². The molecule has 2 heterocycles. The first kappa shape index (κ1) is 13.8. The number of nitrogens with one attached hydrogen (secondary N) is 1. The standard InChI is InChI=1S/C13H18BrN3S/c1-4-6-15-12(10-5-7-17(3)16-10)11-8-9(2)13(14)18-11/h5,7-8,12,15H,4,6H2,1-3H3. The predicted molar refractivity (Wildman–Crippen MR) is 80.1 cm³/mol. The first-order valence-corrected chi connectivity index (χ1v) is 7.71. The normalized spacial score (nSPS) is 12.9. The van der Waals surface area contributed by atoms with E-state index in [0.29, 0.717) is 0 Å². The molecule has 1 unspecified atom stereocenters. The van der Waals surface area contributed by atoms with Gasteiger partial charge in [-0.3, -0.25) is 4.68 Å². The Morgan fingerprint density at radius 3 is 2.83 bits per heavy atom. The van der Waals surface area contributed by atoms with Crippen LogP contribution in [0.2, 0.25) is 0 Å². The quantitative estimate of drug-likeness (QED) is 0.908. The van der Waals surface area contributed by atoms with E-state index >= 15 is 0 Å². The van der Waals surface area contributed by atoms with E-state index in [4.69, 9.17) is 0 Å². The van der Waals surface area contributed by atoms with Crippen molar-refractivity contribution in [3.63, 3.8) is 0 Å². The second kappa shape index (κ2) is 5.99. The van der Waals surface area contributed by atoms with Crippen molar-refractivity contribution in [1.29, 1.82) is 0 Å². The van der Waals surface area contributed by atoms with Gasteiger partial charge >= 0.3 is 0 Å². The lowest BCUT2D eigenvalue weighted by molar-refractivity contribution is 0.582. The SMILES string of the molecule is CCCNC(c1ccn(C)n1)c1cc(C)c(Br)s1. The summed E-state index contributed by atoms with van der Waals surface area (Å²) >= 11 is 5.38. The van der Waals surface area contributed by atoms with Crippen LogP contribution in [-0.4, -0.2) is 16.3 Å². The molecule has 0 aliphatic heterocycles. The monoisotopic (exact) mass is 327 g/mol. The molecule has 0 saturated carbocycles. The van der Waals surface area contributed by atoms with E-state index in [1.165, 1.54) is 14.2 Å². The molecule has 2 aromatic rings. The molecule has 2 aromatic heterocycles. The maximum absolute atomic E-state index is 4.52. The molecule has 0 aromatic carbocycles. The number of hydrogen-bond donors (Lipinski definition) is 1. The number of aromatic nitrogens is 2. The van der Waals surface area contributed by atoms with Gasteiger partial charge in [0.05, 0.1) is 15.5 Å². The average molecular weight is 328 g/mol. The zero-order valence-corrected chi connectivity index (χ0v) is 13.3. The van der Waals surface area contributed by atoms with E-state index in [1.54, 1.807) is 11.3 Å². The van der Waals surface area contributed by atoms with Crippen LogP contribution < -0.4 is 5.32 Å². The molecule has 0 aliphatic rings. The molecule has 2 rings (SSSR count). The minimum Gasteiger partial charge on any atom is -0.304 e. The zero-order chi connectivity index (χ0) is 13.1. The Bertz CT molecular complexity index is 499. The molecule has 3 nitrogen and oxygen atoms in total. The van der Waals surface area contributed by atoms with Gasteiger partial charge in [-0.25, -0.2) is 0 Å². The maximum atomic E-state index is 4.52. The molecular weight excluding hydrogens is 310 g/mol. The largest absolute Gasteiger partial charge is 0.304 e. The lowest BCUT2D eigenvalue weighted by Gasteiger charge is -2.14. The summed E-state index contributed by atoms with van der Waals surface area (Å²) in [5.41, 5.74) is 2.37. The highest BCUT2D eigenvalue weighted by Gasteiger charge is 2.18. The third kappa shape index (κ3) is 3.02. The van der Waals surface area contributed by atoms with Gasteiger partial charge in [0.1, 0.15) is 0 Å². The third-order valence-corrected chi connectivity index (χ3v) is 4.99. The molecule has 0 bridgehead atoms. The molecule has 0 spiro atoms. The van der Waals surface area contributed by atoms with Crippen molar-refractivity contribution in [3.05, 3.63) is 38.3 Å². The number of hydrogen-bond acceptors (Lipinski definition) is 3. The Morgan fingerprint density at radius 2 is 2.33 bits per heavy atom. The second-order valence-electron chi connectivity index (χ2n) is 4.41. The summed E-state index contributed by atoms with van der Waals surface area (Å²) in [4.78, 5) is 1.31. The van der Waals surface area contributed by atoms with Gasteiger partial charge in [0, 0.05) is 18.1 Å². The first-order valence-electron chi connectivity index (χ1n) is 6.10. The fraction of sp³-hybridized carbons (Fsp3) is 0.462. The van der Waals surface area contributed by atoms with Crippen molar-refractivity contribution >= 4 is 27.3 Å². The molecule has 1 atom stereocenters. The van der Waals surface area contributed by atoms with E-state index in [0.717, 1.165) is 18.7 Å². The maximum Gasteiger partial charge on any atom is 0.0864 e. The Kier molecular flexibility index (Phi) is 4.59. The van der Waals surface area contributed by atoms with Gasteiger partial charge in [-0.2, -0.15) is 5.10 Å². The van der Waals surface area contributed by atoms with Crippen LogP contribution in [0, 0.1) is 6.92 Å². The van der Waals surface area contributed by atoms with Crippen LogP contribution in [-0.2, 0) is 7.05 Å². The van der Waals surface area contributed by atoms with E-state index in [1.807, 2.05) is 17.9 Å². The van der Waals surface area contributed by atoms with Crippen molar-refractivity contribution in [2.45, 2.75) is 26.3 Å². The zero-order valence-electron chi connectivity index (χ0n) is 10.9. The number of halogens is 1. The van der Waals surface area contributed by atoms with Crippen LogP contribution >= 0.6 is 27.3 Å². The molecule has 0 saturated heterocycles. The van der Waals surface area contributed by atoms with Gasteiger partial charge in [0.25, 0.3) is 0 Å². The molecule has 5 heteroatoms. The van der Waals surface area contributed by atoms with E-state index in [9.17, 15) is 0 Å². The summed E-state index contributed by atoms with van der Waals surface area (Å²) in [7, 11) is 1.95. The summed E-state index contributed by atoms with van der Waals surface area (Å²) in [6.07, 6.45) is 3.11. The van der Waals surface area contributed by atoms with Crippen molar-refractivity contribution in [1.82, 2.24) is 15.1 Å². The summed E-state index contributed by atoms with van der Waals surface area (Å²) in [5, 5.41) is 8.09. The highest BCUT2D eigenvalue weighted by Crippen LogP contribution is 2.33. The van der Waals surface area contributed by atoms with Crippen LogP contribution in [0.25, 0.3) is 0 Å². The van der Waals surface area contributed by atoms with Gasteiger partial charge < -0.3 is 5.32 Å². The summed E-state index contributed by atoms with van der Waals surface area (Å²) in [6, 6.07) is 4.51. The molecule has 0 amide bonds.